The van der Waals surface area contributed by atoms with E-state index >= 15 is 0 Å². The molecule has 1 amide bonds. The Morgan fingerprint density at radius 3 is 2.93 bits per heavy atom. The number of amides is 1. The summed E-state index contributed by atoms with van der Waals surface area (Å²) in [5.41, 5.74) is 2.29. The average Bonchev–Trinajstić information content (AvgIpc) is 3.31. The molecule has 4 aromatic heterocycles. The Bertz CT molecular complexity index is 1250. The third kappa shape index (κ3) is 3.10. The number of rotatable bonds is 5. The summed E-state index contributed by atoms with van der Waals surface area (Å²) in [6.45, 7) is 3.58. The molecule has 4 aromatic rings. The first-order chi connectivity index (χ1) is 14.4. The Morgan fingerprint density at radius 1 is 1.33 bits per heavy atom. The minimum Gasteiger partial charge on any atom is -0.480 e. The van der Waals surface area contributed by atoms with Gasteiger partial charge in [0.25, 0.3) is 0 Å². The smallest absolute Gasteiger partial charge is 0.233 e. The third-order valence-electron chi connectivity index (χ3n) is 5.45. The van der Waals surface area contributed by atoms with Crippen LogP contribution in [0.5, 0.6) is 5.88 Å². The van der Waals surface area contributed by atoms with Crippen molar-refractivity contribution in [2.24, 2.45) is 0 Å². The Hall–Kier alpha value is -3.69. The monoisotopic (exact) mass is 406 g/mol. The van der Waals surface area contributed by atoms with E-state index in [9.17, 15) is 4.79 Å². The number of carbonyl (C=O) groups is 1. The van der Waals surface area contributed by atoms with E-state index in [0.717, 1.165) is 29.4 Å². The number of nitrogens with one attached hydrogen (secondary N) is 3. The van der Waals surface area contributed by atoms with Crippen molar-refractivity contribution in [1.29, 1.82) is 0 Å². The molecule has 3 N–H and O–H groups in total. The second-order valence-electron chi connectivity index (χ2n) is 7.95. The summed E-state index contributed by atoms with van der Waals surface area (Å²) in [5.74, 6) is 1.59. The first-order valence-corrected chi connectivity index (χ1v) is 9.71. The van der Waals surface area contributed by atoms with Gasteiger partial charge in [0.2, 0.25) is 23.5 Å². The molecule has 0 aromatic carbocycles. The van der Waals surface area contributed by atoms with Gasteiger partial charge in [0.05, 0.1) is 12.5 Å². The summed E-state index contributed by atoms with van der Waals surface area (Å²) >= 11 is 0. The SMILES string of the molecule is COc1nc(N[C@H]2C[C@](C)(NC(C)=O)C2)nc2[nH]cc(-c3cnc4nccn4c3)c12. The van der Waals surface area contributed by atoms with Crippen LogP contribution >= 0.6 is 0 Å². The lowest BCUT2D eigenvalue weighted by molar-refractivity contribution is -0.121. The molecule has 0 aliphatic heterocycles. The number of methoxy groups -OCH3 is 1. The number of fused-ring (bicyclic) bond motifs is 2. The predicted octanol–water partition coefficient (Wildman–Crippen LogP) is 2.15. The lowest BCUT2D eigenvalue weighted by Gasteiger charge is -2.45. The molecule has 0 atom stereocenters. The normalized spacial score (nSPS) is 20.8. The largest absolute Gasteiger partial charge is 0.480 e. The molecule has 0 saturated heterocycles. The number of hydrogen-bond donors (Lipinski definition) is 3. The quantitative estimate of drug-likeness (QED) is 0.464. The summed E-state index contributed by atoms with van der Waals surface area (Å²) in [5, 5.41) is 7.13. The van der Waals surface area contributed by atoms with Gasteiger partial charge in [0, 0.05) is 60.6 Å². The van der Waals surface area contributed by atoms with Gasteiger partial charge in [-0.05, 0) is 19.8 Å². The second-order valence-corrected chi connectivity index (χ2v) is 7.95. The summed E-state index contributed by atoms with van der Waals surface area (Å²) in [6.07, 6.45) is 10.8. The van der Waals surface area contributed by atoms with Gasteiger partial charge < -0.3 is 20.4 Å². The lowest BCUT2D eigenvalue weighted by atomic mass is 9.74. The second kappa shape index (κ2) is 6.68. The fraction of sp³-hybridized carbons (Fsp3) is 0.350. The van der Waals surface area contributed by atoms with Gasteiger partial charge in [-0.1, -0.05) is 0 Å². The molecule has 10 heteroatoms. The van der Waals surface area contributed by atoms with Crippen molar-refractivity contribution >= 4 is 28.7 Å². The Morgan fingerprint density at radius 2 is 2.17 bits per heavy atom. The summed E-state index contributed by atoms with van der Waals surface area (Å²) in [4.78, 5) is 32.3. The average molecular weight is 406 g/mol. The van der Waals surface area contributed by atoms with E-state index in [1.807, 2.05) is 29.9 Å². The van der Waals surface area contributed by atoms with Crippen LogP contribution in [-0.4, -0.2) is 53.9 Å². The van der Waals surface area contributed by atoms with Gasteiger partial charge in [-0.3, -0.25) is 9.20 Å². The lowest BCUT2D eigenvalue weighted by Crippen LogP contribution is -2.59. The van der Waals surface area contributed by atoms with Crippen LogP contribution in [0.15, 0.2) is 31.0 Å². The highest BCUT2D eigenvalue weighted by molar-refractivity contribution is 5.97. The maximum atomic E-state index is 11.3. The van der Waals surface area contributed by atoms with Crippen LogP contribution in [-0.2, 0) is 4.79 Å². The van der Waals surface area contributed by atoms with E-state index in [0.29, 0.717) is 23.3 Å². The molecule has 1 saturated carbocycles. The van der Waals surface area contributed by atoms with Gasteiger partial charge in [0.1, 0.15) is 5.65 Å². The highest BCUT2D eigenvalue weighted by Gasteiger charge is 2.41. The van der Waals surface area contributed by atoms with Crippen molar-refractivity contribution in [2.75, 3.05) is 12.4 Å². The molecule has 1 fully saturated rings. The molecular formula is C20H22N8O2. The van der Waals surface area contributed by atoms with Crippen LogP contribution in [0.4, 0.5) is 5.95 Å². The number of hydrogen-bond acceptors (Lipinski definition) is 7. The summed E-state index contributed by atoms with van der Waals surface area (Å²) in [6, 6.07) is 0.186. The number of nitrogens with zero attached hydrogens (tertiary/aromatic N) is 5. The number of H-pyrrole nitrogens is 1. The first-order valence-electron chi connectivity index (χ1n) is 9.71. The zero-order valence-electron chi connectivity index (χ0n) is 16.9. The molecule has 1 aliphatic rings. The van der Waals surface area contributed by atoms with Crippen LogP contribution in [0.2, 0.25) is 0 Å². The molecular weight excluding hydrogens is 384 g/mol. The molecule has 1 aliphatic carbocycles. The van der Waals surface area contributed by atoms with E-state index in [1.54, 1.807) is 19.5 Å². The fourth-order valence-electron chi connectivity index (χ4n) is 4.24. The first kappa shape index (κ1) is 18.3. The van der Waals surface area contributed by atoms with Gasteiger partial charge in [0.15, 0.2) is 0 Å². The van der Waals surface area contributed by atoms with Gasteiger partial charge in [-0.2, -0.15) is 9.97 Å². The minimum absolute atomic E-state index is 0.0161. The molecule has 0 spiro atoms. The molecule has 0 unspecified atom stereocenters. The number of anilines is 1. The minimum atomic E-state index is -0.184. The molecule has 0 bridgehead atoms. The molecule has 154 valence electrons. The number of imidazole rings is 1. The van der Waals surface area contributed by atoms with Crippen LogP contribution in [0.3, 0.4) is 0 Å². The molecule has 4 heterocycles. The highest BCUT2D eigenvalue weighted by atomic mass is 16.5. The Labute approximate surface area is 172 Å². The van der Waals surface area contributed by atoms with Gasteiger partial charge in [-0.25, -0.2) is 9.97 Å². The maximum absolute atomic E-state index is 11.3. The van der Waals surface area contributed by atoms with Crippen molar-refractivity contribution < 1.29 is 9.53 Å². The molecule has 10 nitrogen and oxygen atoms in total. The van der Waals surface area contributed by atoms with Crippen LogP contribution in [0, 0.1) is 0 Å². The van der Waals surface area contributed by atoms with E-state index in [2.05, 4.69) is 35.6 Å². The predicted molar refractivity (Wildman–Crippen MR) is 111 cm³/mol. The van der Waals surface area contributed by atoms with E-state index in [-0.39, 0.29) is 17.5 Å². The standard InChI is InChI=1S/C20H22N8O2/c1-11(29)27-20(2)6-13(7-20)24-18-25-16-15(17(26-18)30-3)14(9-22-16)12-8-23-19-21-4-5-28(19)10-12/h4-5,8-10,13H,6-7H2,1-3H3,(H,27,29)(H2,22,24,25,26)/t13-,20-. The van der Waals surface area contributed by atoms with Crippen molar-refractivity contribution in [3.63, 3.8) is 0 Å². The van der Waals surface area contributed by atoms with Gasteiger partial charge in [-0.15, -0.1) is 0 Å². The Kier molecular flexibility index (Phi) is 4.09. The fourth-order valence-corrected chi connectivity index (χ4v) is 4.24. The third-order valence-corrected chi connectivity index (χ3v) is 5.45. The van der Waals surface area contributed by atoms with E-state index in [1.165, 1.54) is 6.92 Å². The number of carbonyl (C=O) groups excluding carboxylic acids is 1. The van der Waals surface area contributed by atoms with Crippen molar-refractivity contribution in [3.05, 3.63) is 31.0 Å². The van der Waals surface area contributed by atoms with Crippen molar-refractivity contribution in [2.45, 2.75) is 38.3 Å². The number of aromatic nitrogens is 6. The molecule has 0 radical (unpaired) electrons. The molecule has 30 heavy (non-hydrogen) atoms. The van der Waals surface area contributed by atoms with Crippen LogP contribution in [0.25, 0.3) is 27.9 Å². The number of ether oxygens (including phenoxy) is 1. The van der Waals surface area contributed by atoms with Crippen molar-refractivity contribution in [1.82, 2.24) is 34.6 Å². The van der Waals surface area contributed by atoms with Gasteiger partial charge >= 0.3 is 0 Å². The maximum Gasteiger partial charge on any atom is 0.233 e. The van der Waals surface area contributed by atoms with Crippen LogP contribution < -0.4 is 15.4 Å². The zero-order chi connectivity index (χ0) is 20.9. The summed E-state index contributed by atoms with van der Waals surface area (Å²) < 4.78 is 7.44. The molecule has 5 rings (SSSR count). The Balaban J connectivity index is 1.44. The zero-order valence-corrected chi connectivity index (χ0v) is 16.9. The van der Waals surface area contributed by atoms with E-state index in [4.69, 9.17) is 4.74 Å². The van der Waals surface area contributed by atoms with E-state index < -0.39 is 0 Å². The summed E-state index contributed by atoms with van der Waals surface area (Å²) in [7, 11) is 1.59. The number of aromatic amines is 1. The highest BCUT2D eigenvalue weighted by Crippen LogP contribution is 2.36. The van der Waals surface area contributed by atoms with Crippen LogP contribution in [0.1, 0.15) is 26.7 Å². The topological polar surface area (TPSA) is 122 Å². The van der Waals surface area contributed by atoms with Crippen molar-refractivity contribution in [3.8, 4) is 17.0 Å².